The van der Waals surface area contributed by atoms with E-state index in [4.69, 9.17) is 11.5 Å². The van der Waals surface area contributed by atoms with E-state index < -0.39 is 0 Å². The van der Waals surface area contributed by atoms with Crippen molar-refractivity contribution < 1.29 is 0 Å². The van der Waals surface area contributed by atoms with E-state index in [2.05, 4.69) is 25.4 Å². The molecule has 0 saturated carbocycles. The summed E-state index contributed by atoms with van der Waals surface area (Å²) in [7, 11) is 2.79. The van der Waals surface area contributed by atoms with E-state index in [0.29, 0.717) is 23.4 Å². The van der Waals surface area contributed by atoms with Crippen molar-refractivity contribution in [3.05, 3.63) is 0 Å². The Morgan fingerprint density at radius 2 is 2.07 bits per heavy atom. The van der Waals surface area contributed by atoms with Crippen LogP contribution in [-0.2, 0) is 0 Å². The molecule has 0 aromatic carbocycles. The van der Waals surface area contributed by atoms with Crippen LogP contribution in [0.25, 0.3) is 0 Å². The molecule has 0 unspecified atom stereocenters. The van der Waals surface area contributed by atoms with Crippen molar-refractivity contribution in [2.45, 2.75) is 11.6 Å². The molecule has 0 fully saturated rings. The van der Waals surface area contributed by atoms with Gasteiger partial charge in [-0.15, -0.1) is 15.3 Å². The summed E-state index contributed by atoms with van der Waals surface area (Å²) in [5.74, 6) is 0.833. The van der Waals surface area contributed by atoms with Crippen LogP contribution in [0.15, 0.2) is 15.4 Å². The zero-order valence-electron chi connectivity index (χ0n) is 6.97. The summed E-state index contributed by atoms with van der Waals surface area (Å²) in [6.45, 7) is 0. The molecule has 0 saturated heterocycles. The summed E-state index contributed by atoms with van der Waals surface area (Å²) < 4.78 is 0. The highest BCUT2D eigenvalue weighted by Gasteiger charge is 2.12. The van der Waals surface area contributed by atoms with Gasteiger partial charge < -0.3 is 11.5 Å². The monoisotopic (exact) mass is 229 g/mol. The molecule has 5 N–H and O–H groups in total. The summed E-state index contributed by atoms with van der Waals surface area (Å²) in [6, 6.07) is 0. The minimum atomic E-state index is 0.303. The van der Waals surface area contributed by atoms with Crippen LogP contribution < -0.4 is 11.5 Å². The van der Waals surface area contributed by atoms with E-state index in [1.54, 1.807) is 0 Å². The molecule has 9 heteroatoms. The van der Waals surface area contributed by atoms with Crippen molar-refractivity contribution in [3.8, 4) is 0 Å². The van der Waals surface area contributed by atoms with E-state index >= 15 is 0 Å². The van der Waals surface area contributed by atoms with E-state index in [9.17, 15) is 0 Å². The normalized spacial score (nSPS) is 15.4. The molecule has 0 atom stereocenters. The first kappa shape index (κ1) is 9.34. The number of hydrogen-bond acceptors (Lipinski definition) is 8. The number of nitrogens with one attached hydrogen (secondary N) is 1. The number of rotatable bonds is 2. The lowest BCUT2D eigenvalue weighted by atomic mass is 10.4. The van der Waals surface area contributed by atoms with Crippen LogP contribution in [0.3, 0.4) is 0 Å². The first-order valence-electron chi connectivity index (χ1n) is 3.65. The van der Waals surface area contributed by atoms with Gasteiger partial charge in [-0.3, -0.25) is 0 Å². The quantitative estimate of drug-likeness (QED) is 0.623. The average Bonchev–Trinajstić information content (AvgIpc) is 2.72. The second-order valence-corrected chi connectivity index (χ2v) is 4.60. The molecule has 0 aliphatic carbocycles. The van der Waals surface area contributed by atoms with Crippen molar-refractivity contribution >= 4 is 38.4 Å². The Morgan fingerprint density at radius 1 is 1.21 bits per heavy atom. The van der Waals surface area contributed by atoms with Crippen molar-refractivity contribution in [2.24, 2.45) is 15.9 Å². The lowest BCUT2D eigenvalue weighted by Gasteiger charge is -1.93. The Kier molecular flexibility index (Phi) is 2.59. The first-order valence-corrected chi connectivity index (χ1v) is 5.80. The standard InChI is InChI=1S/C5H7N7S2/c6-2-1-3(10-9-2)13-14-5-8-4(7)11-12-5/h1H2,(H2,6,9)(H3,7,8,11,12). The number of nitrogens with two attached hydrogens (primary N) is 2. The maximum Gasteiger partial charge on any atom is 0.221 e. The first-order chi connectivity index (χ1) is 6.74. The van der Waals surface area contributed by atoms with E-state index in [-0.39, 0.29) is 0 Å². The van der Waals surface area contributed by atoms with Gasteiger partial charge in [0.15, 0.2) is 0 Å². The highest BCUT2D eigenvalue weighted by molar-refractivity contribution is 8.82. The van der Waals surface area contributed by atoms with Crippen LogP contribution in [0.1, 0.15) is 6.42 Å². The average molecular weight is 229 g/mol. The third-order valence-electron chi connectivity index (χ3n) is 1.32. The molecular formula is C5H7N7S2. The fourth-order valence-corrected chi connectivity index (χ4v) is 2.46. The second-order valence-electron chi connectivity index (χ2n) is 2.43. The Balaban J connectivity index is 1.84. The van der Waals surface area contributed by atoms with Crippen LogP contribution in [0.4, 0.5) is 5.95 Å². The van der Waals surface area contributed by atoms with Crippen molar-refractivity contribution in [1.29, 1.82) is 0 Å². The third kappa shape index (κ3) is 2.17. The predicted octanol–water partition coefficient (Wildman–Crippen LogP) is 0.202. The van der Waals surface area contributed by atoms with Crippen LogP contribution in [0, 0.1) is 0 Å². The Hall–Kier alpha value is -1.22. The summed E-state index contributed by atoms with van der Waals surface area (Å²) in [4.78, 5) is 3.92. The highest BCUT2D eigenvalue weighted by Crippen LogP contribution is 2.31. The summed E-state index contributed by atoms with van der Waals surface area (Å²) >= 11 is 0. The van der Waals surface area contributed by atoms with E-state index in [1.807, 2.05) is 0 Å². The minimum absolute atomic E-state index is 0.303. The number of anilines is 1. The van der Waals surface area contributed by atoms with Crippen molar-refractivity contribution in [1.82, 2.24) is 15.2 Å². The topological polar surface area (TPSA) is 118 Å². The van der Waals surface area contributed by atoms with Crippen LogP contribution in [-0.4, -0.2) is 26.1 Å². The highest BCUT2D eigenvalue weighted by atomic mass is 33.1. The lowest BCUT2D eigenvalue weighted by molar-refractivity contribution is 0.979. The van der Waals surface area contributed by atoms with Gasteiger partial charge >= 0.3 is 0 Å². The van der Waals surface area contributed by atoms with Gasteiger partial charge in [-0.05, 0) is 21.6 Å². The number of aromatic nitrogens is 3. The third-order valence-corrected chi connectivity index (χ3v) is 3.42. The van der Waals surface area contributed by atoms with Crippen LogP contribution in [0.2, 0.25) is 0 Å². The molecule has 1 aromatic rings. The van der Waals surface area contributed by atoms with Crippen LogP contribution >= 0.6 is 21.6 Å². The second kappa shape index (κ2) is 3.88. The van der Waals surface area contributed by atoms with Gasteiger partial charge in [0.1, 0.15) is 10.9 Å². The fourth-order valence-electron chi connectivity index (χ4n) is 0.773. The number of hydrogen-bond donors (Lipinski definition) is 3. The number of amidine groups is 1. The molecule has 1 aliphatic rings. The molecule has 0 spiro atoms. The fraction of sp³-hybridized carbons (Fsp3) is 0.200. The van der Waals surface area contributed by atoms with Gasteiger partial charge in [0.25, 0.3) is 0 Å². The number of aromatic amines is 1. The SMILES string of the molecule is NC1=NN=C(SSc2n[nH]c(N)n2)C1. The zero-order chi connectivity index (χ0) is 9.97. The van der Waals surface area contributed by atoms with Gasteiger partial charge in [-0.2, -0.15) is 4.98 Å². The molecule has 1 aliphatic heterocycles. The van der Waals surface area contributed by atoms with E-state index in [1.165, 1.54) is 21.6 Å². The van der Waals surface area contributed by atoms with Crippen molar-refractivity contribution in [2.75, 3.05) is 5.73 Å². The van der Waals surface area contributed by atoms with Gasteiger partial charge in [0.2, 0.25) is 11.1 Å². The largest absolute Gasteiger partial charge is 0.385 e. The molecule has 7 nitrogen and oxygen atoms in total. The molecule has 2 rings (SSSR count). The maximum atomic E-state index is 5.45. The predicted molar refractivity (Wildman–Crippen MR) is 57.9 cm³/mol. The molecule has 74 valence electrons. The van der Waals surface area contributed by atoms with Gasteiger partial charge in [-0.25, -0.2) is 5.10 Å². The molecular weight excluding hydrogens is 222 g/mol. The molecule has 0 radical (unpaired) electrons. The van der Waals surface area contributed by atoms with E-state index in [0.717, 1.165) is 5.04 Å². The minimum Gasteiger partial charge on any atom is -0.385 e. The Labute approximate surface area is 87.2 Å². The Morgan fingerprint density at radius 3 is 2.64 bits per heavy atom. The molecule has 0 bridgehead atoms. The van der Waals surface area contributed by atoms with Gasteiger partial charge in [-0.1, -0.05) is 0 Å². The lowest BCUT2D eigenvalue weighted by Crippen LogP contribution is -2.09. The van der Waals surface area contributed by atoms with Crippen molar-refractivity contribution in [3.63, 3.8) is 0 Å². The molecule has 2 heterocycles. The van der Waals surface area contributed by atoms with Gasteiger partial charge in [0, 0.05) is 0 Å². The molecule has 0 amide bonds. The molecule has 14 heavy (non-hydrogen) atoms. The zero-order valence-corrected chi connectivity index (χ0v) is 8.60. The molecule has 1 aromatic heterocycles. The maximum absolute atomic E-state index is 5.45. The van der Waals surface area contributed by atoms with Gasteiger partial charge in [0.05, 0.1) is 6.42 Å². The Bertz CT molecular complexity index is 395. The number of nitrogen functional groups attached to an aromatic ring is 1. The summed E-state index contributed by atoms with van der Waals surface area (Å²) in [6.07, 6.45) is 0.595. The number of nitrogens with zero attached hydrogens (tertiary/aromatic N) is 4. The number of H-pyrrole nitrogens is 1. The smallest absolute Gasteiger partial charge is 0.221 e. The van der Waals surface area contributed by atoms with Crippen LogP contribution in [0.5, 0.6) is 0 Å². The summed E-state index contributed by atoms with van der Waals surface area (Å²) in [5, 5.41) is 15.4. The summed E-state index contributed by atoms with van der Waals surface area (Å²) in [5.41, 5.74) is 10.8.